The number of nitrogen functional groups attached to an aromatic ring is 1. The smallest absolute Gasteiger partial charge is 0.241 e. The fraction of sp³-hybridized carbons (Fsp3) is 0.355. The number of amides is 1. The summed E-state index contributed by atoms with van der Waals surface area (Å²) in [5.41, 5.74) is 7.97. The lowest BCUT2D eigenvalue weighted by Gasteiger charge is -2.39. The summed E-state index contributed by atoms with van der Waals surface area (Å²) in [7, 11) is 3.36. The van der Waals surface area contributed by atoms with Crippen LogP contribution in [0.25, 0.3) is 0 Å². The van der Waals surface area contributed by atoms with Crippen molar-refractivity contribution in [3.63, 3.8) is 0 Å². The number of carbonyl (C=O) groups excluding carboxylic acids is 2. The molecule has 0 unspecified atom stereocenters. The second-order valence-corrected chi connectivity index (χ2v) is 11.9. The maximum atomic E-state index is 13.9. The van der Waals surface area contributed by atoms with Gasteiger partial charge in [0.2, 0.25) is 21.7 Å². The number of ketones is 1. The highest BCUT2D eigenvalue weighted by atomic mass is 32.2. The van der Waals surface area contributed by atoms with E-state index >= 15 is 0 Å². The number of nitrogens with two attached hydrogens (primary N) is 1. The van der Waals surface area contributed by atoms with Crippen LogP contribution in [0.2, 0.25) is 0 Å². The van der Waals surface area contributed by atoms with Crippen LogP contribution in [0.15, 0.2) is 53.4 Å². The molecule has 3 aromatic rings. The summed E-state index contributed by atoms with van der Waals surface area (Å²) in [6.07, 6.45) is 0.331. The minimum atomic E-state index is -4.04. The van der Waals surface area contributed by atoms with Crippen LogP contribution in [0, 0.1) is 0 Å². The van der Waals surface area contributed by atoms with Gasteiger partial charge in [0, 0.05) is 24.2 Å². The molecule has 13 heteroatoms. The van der Waals surface area contributed by atoms with Gasteiger partial charge >= 0.3 is 0 Å². The number of Topliss-reactive ketones (excluding diaryl/α,β-unsaturated/α-hetero) is 1. The Hall–Kier alpha value is -4.49. The number of sulfonamides is 1. The number of benzene rings is 3. The van der Waals surface area contributed by atoms with Gasteiger partial charge < -0.3 is 34.3 Å². The normalized spacial score (nSPS) is 15.1. The highest BCUT2D eigenvalue weighted by Gasteiger charge is 2.37. The van der Waals surface area contributed by atoms with Crippen molar-refractivity contribution in [2.75, 3.05) is 47.8 Å². The van der Waals surface area contributed by atoms with Gasteiger partial charge in [-0.1, -0.05) is 0 Å². The monoisotopic (exact) mass is 627 g/mol. The third-order valence-corrected chi connectivity index (χ3v) is 9.10. The molecule has 0 radical (unpaired) electrons. The molecular weight excluding hydrogens is 590 g/mol. The highest BCUT2D eigenvalue weighted by molar-refractivity contribution is 7.89. The maximum Gasteiger partial charge on any atom is 0.241 e. The van der Waals surface area contributed by atoms with Gasteiger partial charge in [-0.2, -0.15) is 4.72 Å². The number of nitrogens with one attached hydrogen (secondary N) is 1. The number of ether oxygens (including phenoxy) is 5. The predicted octanol–water partition coefficient (Wildman–Crippen LogP) is 3.38. The fourth-order valence-corrected chi connectivity index (χ4v) is 6.49. The van der Waals surface area contributed by atoms with Crippen molar-refractivity contribution in [2.45, 2.75) is 36.7 Å². The minimum Gasteiger partial charge on any atom is -0.493 e. The van der Waals surface area contributed by atoms with Crippen molar-refractivity contribution in [1.82, 2.24) is 9.62 Å². The molecule has 3 N–H and O–H groups in total. The van der Waals surface area contributed by atoms with E-state index in [1.165, 1.54) is 71.6 Å². The molecule has 0 bridgehead atoms. The van der Waals surface area contributed by atoms with E-state index in [0.717, 1.165) is 5.56 Å². The molecule has 0 spiro atoms. The van der Waals surface area contributed by atoms with Crippen LogP contribution in [0.3, 0.4) is 0 Å². The lowest BCUT2D eigenvalue weighted by atomic mass is 9.87. The van der Waals surface area contributed by atoms with Crippen LogP contribution < -0.4 is 34.1 Å². The molecule has 0 saturated carbocycles. The Bertz CT molecular complexity index is 1620. The average Bonchev–Trinajstić information content (AvgIpc) is 3.02. The van der Waals surface area contributed by atoms with Gasteiger partial charge in [-0.25, -0.2) is 8.42 Å². The standard InChI is InChI=1S/C31H37N3O9S/c1-18(33-44(37,38)22-9-7-21(32)8-10-22)31(36)34-12-11-19-13-26(39-2)27(40-3)16-23(19)24(34)17-25(35)20-14-28(41-4)30(43-6)29(15-20)42-5/h7-10,13-16,18,24,33H,11-12,17,32H2,1-6H3/t18-,24+/m1/s1. The number of anilines is 1. The second-order valence-electron chi connectivity index (χ2n) is 10.2. The molecule has 2 atom stereocenters. The lowest BCUT2D eigenvalue weighted by molar-refractivity contribution is -0.135. The van der Waals surface area contributed by atoms with Crippen molar-refractivity contribution in [1.29, 1.82) is 0 Å². The van der Waals surface area contributed by atoms with Crippen molar-refractivity contribution in [3.05, 3.63) is 65.2 Å². The summed E-state index contributed by atoms with van der Waals surface area (Å²) in [4.78, 5) is 29.3. The Kier molecular flexibility index (Phi) is 9.90. The van der Waals surface area contributed by atoms with E-state index in [-0.39, 0.29) is 29.2 Å². The Morgan fingerprint density at radius 2 is 1.45 bits per heavy atom. The fourth-order valence-electron chi connectivity index (χ4n) is 5.29. The molecule has 1 heterocycles. The SMILES string of the molecule is COc1cc2c(cc1OC)[C@H](CC(=O)c1cc(OC)c(OC)c(OC)c1)N(C(=O)[C@@H](C)NS(=O)(=O)c1ccc(N)cc1)CC2. The third kappa shape index (κ3) is 6.53. The van der Waals surface area contributed by atoms with E-state index in [0.29, 0.717) is 46.4 Å². The van der Waals surface area contributed by atoms with Crippen LogP contribution in [0.1, 0.15) is 40.9 Å². The molecule has 1 aliphatic rings. The van der Waals surface area contributed by atoms with Crippen LogP contribution in [0.4, 0.5) is 5.69 Å². The minimum absolute atomic E-state index is 0.0266. The van der Waals surface area contributed by atoms with Gasteiger partial charge in [-0.05, 0) is 73.0 Å². The van der Waals surface area contributed by atoms with Crippen molar-refractivity contribution >= 4 is 27.4 Å². The summed E-state index contributed by atoms with van der Waals surface area (Å²) in [6.45, 7) is 1.71. The number of hydrogen-bond acceptors (Lipinski definition) is 10. The van der Waals surface area contributed by atoms with E-state index in [9.17, 15) is 18.0 Å². The van der Waals surface area contributed by atoms with E-state index in [2.05, 4.69) is 4.72 Å². The van der Waals surface area contributed by atoms with Crippen molar-refractivity contribution < 1.29 is 41.7 Å². The molecule has 1 aliphatic heterocycles. The van der Waals surface area contributed by atoms with E-state index < -0.39 is 28.0 Å². The van der Waals surface area contributed by atoms with E-state index in [4.69, 9.17) is 29.4 Å². The first-order valence-corrected chi connectivity index (χ1v) is 15.2. The largest absolute Gasteiger partial charge is 0.493 e. The van der Waals surface area contributed by atoms with Crippen LogP contribution in [-0.4, -0.2) is 73.1 Å². The topological polar surface area (TPSA) is 156 Å². The Morgan fingerprint density at radius 1 is 0.886 bits per heavy atom. The molecular formula is C31H37N3O9S. The van der Waals surface area contributed by atoms with Gasteiger partial charge in [-0.3, -0.25) is 9.59 Å². The number of hydrogen-bond donors (Lipinski definition) is 2. The van der Waals surface area contributed by atoms with Gasteiger partial charge in [-0.15, -0.1) is 0 Å². The summed E-state index contributed by atoms with van der Waals surface area (Å²) in [6, 6.07) is 10.5. The second kappa shape index (κ2) is 13.4. The molecule has 12 nitrogen and oxygen atoms in total. The van der Waals surface area contributed by atoms with E-state index in [1.807, 2.05) is 6.07 Å². The van der Waals surface area contributed by atoms with Gasteiger partial charge in [0.25, 0.3) is 0 Å². The first-order valence-electron chi connectivity index (χ1n) is 13.7. The van der Waals surface area contributed by atoms with Gasteiger partial charge in [0.15, 0.2) is 28.8 Å². The zero-order chi connectivity index (χ0) is 32.2. The molecule has 0 aromatic heterocycles. The third-order valence-electron chi connectivity index (χ3n) is 7.54. The number of carbonyl (C=O) groups is 2. The summed E-state index contributed by atoms with van der Waals surface area (Å²) < 4.78 is 55.9. The van der Waals surface area contributed by atoms with Crippen LogP contribution in [-0.2, 0) is 21.2 Å². The van der Waals surface area contributed by atoms with Crippen molar-refractivity contribution in [3.8, 4) is 28.7 Å². The van der Waals surface area contributed by atoms with Crippen LogP contribution >= 0.6 is 0 Å². The van der Waals surface area contributed by atoms with E-state index in [1.54, 1.807) is 18.2 Å². The summed E-state index contributed by atoms with van der Waals surface area (Å²) in [5, 5.41) is 0. The molecule has 236 valence electrons. The number of fused-ring (bicyclic) bond motifs is 1. The maximum absolute atomic E-state index is 13.9. The van der Waals surface area contributed by atoms with Gasteiger partial charge in [0.05, 0.1) is 52.5 Å². The Labute approximate surface area is 257 Å². The molecule has 0 fully saturated rings. The Morgan fingerprint density at radius 3 is 2.00 bits per heavy atom. The first-order chi connectivity index (χ1) is 21.0. The zero-order valence-electron chi connectivity index (χ0n) is 25.5. The van der Waals surface area contributed by atoms with Crippen molar-refractivity contribution in [2.24, 2.45) is 0 Å². The molecule has 3 aromatic carbocycles. The quantitative estimate of drug-likeness (QED) is 0.226. The number of methoxy groups -OCH3 is 5. The highest BCUT2D eigenvalue weighted by Crippen LogP contribution is 2.42. The molecule has 44 heavy (non-hydrogen) atoms. The van der Waals surface area contributed by atoms with Gasteiger partial charge in [0.1, 0.15) is 0 Å². The number of rotatable bonds is 12. The zero-order valence-corrected chi connectivity index (χ0v) is 26.3. The molecule has 0 saturated heterocycles. The lowest BCUT2D eigenvalue weighted by Crippen LogP contribution is -2.50. The molecule has 1 amide bonds. The first kappa shape index (κ1) is 32.4. The predicted molar refractivity (Wildman–Crippen MR) is 163 cm³/mol. The molecule has 4 rings (SSSR count). The summed E-state index contributed by atoms with van der Waals surface area (Å²) >= 11 is 0. The Balaban J connectivity index is 1.72. The number of nitrogens with zero attached hydrogens (tertiary/aromatic N) is 1. The van der Waals surface area contributed by atoms with Crippen LogP contribution in [0.5, 0.6) is 28.7 Å². The molecule has 0 aliphatic carbocycles. The average molecular weight is 628 g/mol. The summed E-state index contributed by atoms with van der Waals surface area (Å²) in [5.74, 6) is 1.11.